The van der Waals surface area contributed by atoms with Crippen molar-refractivity contribution in [1.82, 2.24) is 0 Å². The van der Waals surface area contributed by atoms with E-state index in [1.54, 1.807) is 6.08 Å². The molecule has 3 fully saturated rings. The molecule has 5 nitrogen and oxygen atoms in total. The van der Waals surface area contributed by atoms with Gasteiger partial charge < -0.3 is 9.84 Å². The van der Waals surface area contributed by atoms with Gasteiger partial charge in [0, 0.05) is 31.1 Å². The lowest BCUT2D eigenvalue weighted by Crippen LogP contribution is -2.52. The van der Waals surface area contributed by atoms with Crippen LogP contribution >= 0.6 is 0 Å². The number of aliphatic hydroxyl groups excluding tert-OH is 1. The zero-order valence-electron chi connectivity index (χ0n) is 15.6. The number of fused-ring (bicyclic) bond motifs is 5. The number of rotatable bonds is 2. The van der Waals surface area contributed by atoms with Gasteiger partial charge in [-0.25, -0.2) is 0 Å². The minimum absolute atomic E-state index is 0.00326. The van der Waals surface area contributed by atoms with Gasteiger partial charge in [0.15, 0.2) is 5.78 Å². The summed E-state index contributed by atoms with van der Waals surface area (Å²) in [5.41, 5.74) is 0.493. The Hall–Kier alpha value is -1.49. The van der Waals surface area contributed by atoms with Crippen LogP contribution in [0.5, 0.6) is 0 Å². The van der Waals surface area contributed by atoms with Gasteiger partial charge in [-0.1, -0.05) is 6.92 Å². The van der Waals surface area contributed by atoms with Gasteiger partial charge in [0.25, 0.3) is 0 Å². The lowest BCUT2D eigenvalue weighted by atomic mass is 9.50. The van der Waals surface area contributed by atoms with Crippen molar-refractivity contribution in [3.8, 4) is 0 Å². The van der Waals surface area contributed by atoms with Crippen molar-refractivity contribution in [1.29, 1.82) is 0 Å². The van der Waals surface area contributed by atoms with E-state index in [4.69, 9.17) is 4.74 Å². The predicted octanol–water partition coefficient (Wildman–Crippen LogP) is 2.60. The summed E-state index contributed by atoms with van der Waals surface area (Å²) in [5.74, 6) is 0.764. The molecule has 0 bridgehead atoms. The van der Waals surface area contributed by atoms with Gasteiger partial charge in [-0.2, -0.15) is 0 Å². The highest BCUT2D eigenvalue weighted by molar-refractivity contribution is 5.91. The van der Waals surface area contributed by atoms with Crippen LogP contribution in [-0.2, 0) is 19.1 Å². The average molecular weight is 360 g/mol. The smallest absolute Gasteiger partial charge is 0.302 e. The van der Waals surface area contributed by atoms with Crippen molar-refractivity contribution in [2.45, 2.75) is 71.0 Å². The Morgan fingerprint density at radius 2 is 2.08 bits per heavy atom. The molecule has 0 aromatic carbocycles. The average Bonchev–Trinajstić information content (AvgIpc) is 2.87. The van der Waals surface area contributed by atoms with Crippen molar-refractivity contribution in [3.05, 3.63) is 11.6 Å². The molecule has 142 valence electrons. The molecule has 0 aromatic heterocycles. The van der Waals surface area contributed by atoms with Crippen LogP contribution in [0.4, 0.5) is 0 Å². The molecule has 0 aromatic rings. The standard InChI is InChI=1S/C21H28O5/c1-3-21-7-6-14-13-5-4-12(23)8-15(13)17(24)9-16(14)20(21)18(10-19(21)25)26-11(2)22/h8,13-14,16-18,20,24H,3-7,9-10H2,1-2H3/t13-,14-,16-,17?,18+,20-,21-/m1/s1. The second kappa shape index (κ2) is 6.29. The van der Waals surface area contributed by atoms with Crippen molar-refractivity contribution in [3.63, 3.8) is 0 Å². The van der Waals surface area contributed by atoms with Crippen LogP contribution in [0.15, 0.2) is 11.6 Å². The topological polar surface area (TPSA) is 80.7 Å². The number of ketones is 2. The number of aliphatic hydroxyl groups is 1. The number of Topliss-reactive ketones (excluding diaryl/α,β-unsaturated/α-hetero) is 1. The maximum atomic E-state index is 12.9. The third-order valence-corrected chi connectivity index (χ3v) is 7.72. The SMILES string of the molecule is CC[C@]12CC[C@H]3[C@@H](CC(O)C4=CC(=O)CC[C@@H]43)[C@@H]1[C@@H](OC(C)=O)CC2=O. The number of hydrogen-bond acceptors (Lipinski definition) is 5. The van der Waals surface area contributed by atoms with E-state index in [2.05, 4.69) is 6.92 Å². The number of ether oxygens (including phenoxy) is 1. The first-order valence-corrected chi connectivity index (χ1v) is 10.00. The second-order valence-electron chi connectivity index (χ2n) is 8.68. The Kier molecular flexibility index (Phi) is 4.33. The third kappa shape index (κ3) is 2.50. The molecular formula is C21H28O5. The largest absolute Gasteiger partial charge is 0.462 e. The van der Waals surface area contributed by atoms with Crippen LogP contribution in [-0.4, -0.2) is 34.9 Å². The fourth-order valence-corrected chi connectivity index (χ4v) is 6.74. The molecule has 1 unspecified atom stereocenters. The van der Waals surface area contributed by atoms with Gasteiger partial charge in [0.1, 0.15) is 11.9 Å². The summed E-state index contributed by atoms with van der Waals surface area (Å²) in [7, 11) is 0. The maximum absolute atomic E-state index is 12.9. The lowest BCUT2D eigenvalue weighted by molar-refractivity contribution is -0.156. The Labute approximate surface area is 154 Å². The Bertz CT molecular complexity index is 680. The van der Waals surface area contributed by atoms with Crippen molar-refractivity contribution < 1.29 is 24.2 Å². The van der Waals surface area contributed by atoms with Crippen molar-refractivity contribution in [2.75, 3.05) is 0 Å². The van der Waals surface area contributed by atoms with Gasteiger partial charge in [-0.3, -0.25) is 14.4 Å². The second-order valence-corrected chi connectivity index (χ2v) is 8.68. The minimum Gasteiger partial charge on any atom is -0.462 e. The van der Waals surface area contributed by atoms with Crippen molar-refractivity contribution in [2.24, 2.45) is 29.1 Å². The maximum Gasteiger partial charge on any atom is 0.302 e. The molecule has 4 aliphatic carbocycles. The highest BCUT2D eigenvalue weighted by atomic mass is 16.5. The van der Waals surface area contributed by atoms with E-state index in [0.29, 0.717) is 25.2 Å². The van der Waals surface area contributed by atoms with Crippen LogP contribution in [0.1, 0.15) is 58.8 Å². The summed E-state index contributed by atoms with van der Waals surface area (Å²) < 4.78 is 5.61. The zero-order chi connectivity index (χ0) is 18.6. The molecule has 0 saturated heterocycles. The molecule has 0 spiro atoms. The number of esters is 1. The van der Waals surface area contributed by atoms with Gasteiger partial charge in [0.2, 0.25) is 0 Å². The predicted molar refractivity (Wildman–Crippen MR) is 94.0 cm³/mol. The van der Waals surface area contributed by atoms with Gasteiger partial charge in [0.05, 0.1) is 6.10 Å². The zero-order valence-corrected chi connectivity index (χ0v) is 15.6. The summed E-state index contributed by atoms with van der Waals surface area (Å²) in [4.78, 5) is 36.4. The highest BCUT2D eigenvalue weighted by Gasteiger charge is 2.63. The quantitative estimate of drug-likeness (QED) is 0.766. The fourth-order valence-electron chi connectivity index (χ4n) is 6.74. The minimum atomic E-state index is -0.619. The van der Waals surface area contributed by atoms with E-state index >= 15 is 0 Å². The van der Waals surface area contributed by atoms with Crippen LogP contribution in [0, 0.1) is 29.1 Å². The molecule has 3 saturated carbocycles. The summed E-state index contributed by atoms with van der Waals surface area (Å²) in [5, 5.41) is 10.8. The Morgan fingerprint density at radius 1 is 1.31 bits per heavy atom. The number of carbonyl (C=O) groups is 3. The van der Waals surface area contributed by atoms with Gasteiger partial charge >= 0.3 is 5.97 Å². The summed E-state index contributed by atoms with van der Waals surface area (Å²) in [6, 6.07) is 0. The Morgan fingerprint density at radius 3 is 2.77 bits per heavy atom. The summed E-state index contributed by atoms with van der Waals surface area (Å²) >= 11 is 0. The number of hydrogen-bond donors (Lipinski definition) is 1. The third-order valence-electron chi connectivity index (χ3n) is 7.72. The molecule has 0 radical (unpaired) electrons. The highest BCUT2D eigenvalue weighted by Crippen LogP contribution is 2.62. The molecule has 7 atom stereocenters. The lowest BCUT2D eigenvalue weighted by Gasteiger charge is -2.54. The first-order chi connectivity index (χ1) is 12.4. The number of carbonyl (C=O) groups excluding carboxylic acids is 3. The normalized spacial score (nSPS) is 44.7. The van der Waals surface area contributed by atoms with Crippen LogP contribution in [0.2, 0.25) is 0 Å². The molecule has 4 aliphatic rings. The molecule has 0 aliphatic heterocycles. The molecule has 1 N–H and O–H groups in total. The van der Waals surface area contributed by atoms with E-state index in [1.165, 1.54) is 6.92 Å². The van der Waals surface area contributed by atoms with Gasteiger partial charge in [-0.15, -0.1) is 0 Å². The Balaban J connectivity index is 1.72. The molecule has 4 rings (SSSR count). The molecule has 26 heavy (non-hydrogen) atoms. The van der Waals surface area contributed by atoms with Crippen molar-refractivity contribution >= 4 is 17.5 Å². The van der Waals surface area contributed by atoms with Gasteiger partial charge in [-0.05, 0) is 61.5 Å². The van der Waals surface area contributed by atoms with E-state index < -0.39 is 11.5 Å². The molecular weight excluding hydrogens is 332 g/mol. The van der Waals surface area contributed by atoms with E-state index in [-0.39, 0.29) is 41.4 Å². The van der Waals surface area contributed by atoms with Crippen LogP contribution in [0.3, 0.4) is 0 Å². The van der Waals surface area contributed by atoms with E-state index in [1.807, 2.05) is 0 Å². The first kappa shape index (κ1) is 17.9. The van der Waals surface area contributed by atoms with E-state index in [9.17, 15) is 19.5 Å². The molecule has 0 heterocycles. The fraction of sp³-hybridized carbons (Fsp3) is 0.762. The van der Waals surface area contributed by atoms with Crippen LogP contribution < -0.4 is 0 Å². The summed E-state index contributed by atoms with van der Waals surface area (Å²) in [6.07, 6.45) is 5.44. The molecule has 5 heteroatoms. The first-order valence-electron chi connectivity index (χ1n) is 10.00. The monoisotopic (exact) mass is 360 g/mol. The van der Waals surface area contributed by atoms with Crippen LogP contribution in [0.25, 0.3) is 0 Å². The molecule has 0 amide bonds. The van der Waals surface area contributed by atoms with E-state index in [0.717, 1.165) is 31.3 Å². The summed E-state index contributed by atoms with van der Waals surface area (Å²) in [6.45, 7) is 3.46.